The molecule has 0 saturated carbocycles. The van der Waals surface area contributed by atoms with Crippen LogP contribution >= 0.6 is 11.3 Å². The molecule has 0 aliphatic carbocycles. The van der Waals surface area contributed by atoms with Crippen molar-refractivity contribution in [3.8, 4) is 11.8 Å². The number of carbonyl (C=O) groups excluding carboxylic acids is 1. The standard InChI is InChI=1S/C15H21N3OS/c1-3-13-11-18(9-8-17(13)2)15(19)14-12(5-4-7-16)6-10-20-14/h6,10,13H,3,7-9,11,16H2,1-2H3. The summed E-state index contributed by atoms with van der Waals surface area (Å²) >= 11 is 1.46. The highest BCUT2D eigenvalue weighted by atomic mass is 32.1. The lowest BCUT2D eigenvalue weighted by molar-refractivity contribution is 0.0546. The first-order valence-electron chi connectivity index (χ1n) is 6.93. The van der Waals surface area contributed by atoms with Crippen LogP contribution in [0.4, 0.5) is 0 Å². The van der Waals surface area contributed by atoms with Gasteiger partial charge in [0, 0.05) is 31.2 Å². The Morgan fingerprint density at radius 1 is 1.55 bits per heavy atom. The molecule has 108 valence electrons. The maximum absolute atomic E-state index is 12.6. The van der Waals surface area contributed by atoms with Gasteiger partial charge in [0.2, 0.25) is 0 Å². The second-order valence-corrected chi connectivity index (χ2v) is 5.88. The van der Waals surface area contributed by atoms with Gasteiger partial charge < -0.3 is 10.6 Å². The topological polar surface area (TPSA) is 49.6 Å². The molecule has 1 aromatic heterocycles. The normalized spacial score (nSPS) is 19.6. The van der Waals surface area contributed by atoms with Gasteiger partial charge in [-0.05, 0) is 24.9 Å². The van der Waals surface area contributed by atoms with E-state index in [0.29, 0.717) is 12.6 Å². The molecule has 2 heterocycles. The van der Waals surface area contributed by atoms with Crippen molar-refractivity contribution in [2.24, 2.45) is 5.73 Å². The van der Waals surface area contributed by atoms with Crippen molar-refractivity contribution in [2.75, 3.05) is 33.2 Å². The number of hydrogen-bond acceptors (Lipinski definition) is 4. The number of carbonyl (C=O) groups is 1. The van der Waals surface area contributed by atoms with Crippen molar-refractivity contribution < 1.29 is 4.79 Å². The van der Waals surface area contributed by atoms with E-state index in [1.807, 2.05) is 16.3 Å². The molecule has 1 saturated heterocycles. The highest BCUT2D eigenvalue weighted by Crippen LogP contribution is 2.20. The molecular formula is C15H21N3OS. The molecule has 0 bridgehead atoms. The Hall–Kier alpha value is -1.35. The summed E-state index contributed by atoms with van der Waals surface area (Å²) in [5, 5.41) is 1.92. The largest absolute Gasteiger partial charge is 0.335 e. The third-order valence-electron chi connectivity index (χ3n) is 3.72. The summed E-state index contributed by atoms with van der Waals surface area (Å²) in [4.78, 5) is 17.7. The Morgan fingerprint density at radius 3 is 3.05 bits per heavy atom. The summed E-state index contributed by atoms with van der Waals surface area (Å²) < 4.78 is 0. The maximum Gasteiger partial charge on any atom is 0.265 e. The molecule has 1 amide bonds. The Balaban J connectivity index is 2.14. The monoisotopic (exact) mass is 291 g/mol. The number of hydrogen-bond donors (Lipinski definition) is 1. The molecule has 0 aromatic carbocycles. The lowest BCUT2D eigenvalue weighted by Gasteiger charge is -2.39. The Morgan fingerprint density at radius 2 is 2.35 bits per heavy atom. The number of rotatable bonds is 2. The van der Waals surface area contributed by atoms with Gasteiger partial charge >= 0.3 is 0 Å². The van der Waals surface area contributed by atoms with E-state index < -0.39 is 0 Å². The van der Waals surface area contributed by atoms with Crippen molar-refractivity contribution in [3.63, 3.8) is 0 Å². The van der Waals surface area contributed by atoms with E-state index in [-0.39, 0.29) is 5.91 Å². The van der Waals surface area contributed by atoms with Crippen LogP contribution < -0.4 is 5.73 Å². The molecule has 2 rings (SSSR count). The zero-order valence-corrected chi connectivity index (χ0v) is 12.9. The van der Waals surface area contributed by atoms with Crippen molar-refractivity contribution in [3.05, 3.63) is 21.9 Å². The van der Waals surface area contributed by atoms with E-state index >= 15 is 0 Å². The minimum absolute atomic E-state index is 0.105. The van der Waals surface area contributed by atoms with Gasteiger partial charge in [0.1, 0.15) is 4.88 Å². The lowest BCUT2D eigenvalue weighted by Crippen LogP contribution is -2.52. The van der Waals surface area contributed by atoms with Crippen molar-refractivity contribution >= 4 is 17.2 Å². The molecule has 0 radical (unpaired) electrons. The first-order chi connectivity index (χ1) is 9.67. The first-order valence-corrected chi connectivity index (χ1v) is 7.81. The highest BCUT2D eigenvalue weighted by molar-refractivity contribution is 7.12. The summed E-state index contributed by atoms with van der Waals surface area (Å²) in [6.07, 6.45) is 1.06. The van der Waals surface area contributed by atoms with Gasteiger partial charge in [-0.25, -0.2) is 0 Å². The number of piperazine rings is 1. The Labute approximate surface area is 124 Å². The number of thiophene rings is 1. The number of likely N-dealkylation sites (N-methyl/N-ethyl adjacent to an activating group) is 1. The molecule has 1 unspecified atom stereocenters. The van der Waals surface area contributed by atoms with E-state index in [4.69, 9.17) is 5.73 Å². The van der Waals surface area contributed by atoms with Crippen LogP contribution in [0.1, 0.15) is 28.6 Å². The molecule has 20 heavy (non-hydrogen) atoms. The predicted molar refractivity (Wildman–Crippen MR) is 82.9 cm³/mol. The minimum atomic E-state index is 0.105. The lowest BCUT2D eigenvalue weighted by atomic mass is 10.1. The van der Waals surface area contributed by atoms with Crippen LogP contribution in [0.2, 0.25) is 0 Å². The van der Waals surface area contributed by atoms with Crippen LogP contribution in [0.25, 0.3) is 0 Å². The molecule has 0 spiro atoms. The van der Waals surface area contributed by atoms with Crippen molar-refractivity contribution in [1.82, 2.24) is 9.80 Å². The minimum Gasteiger partial charge on any atom is -0.335 e. The maximum atomic E-state index is 12.6. The summed E-state index contributed by atoms with van der Waals surface area (Å²) in [5.74, 6) is 5.91. The molecule has 5 heteroatoms. The molecule has 4 nitrogen and oxygen atoms in total. The second-order valence-electron chi connectivity index (χ2n) is 4.96. The van der Waals surface area contributed by atoms with Crippen LogP contribution in [0, 0.1) is 11.8 Å². The Bertz CT molecular complexity index is 529. The van der Waals surface area contributed by atoms with Gasteiger partial charge in [-0.15, -0.1) is 11.3 Å². The van der Waals surface area contributed by atoms with Gasteiger partial charge in [-0.1, -0.05) is 18.8 Å². The summed E-state index contributed by atoms with van der Waals surface area (Å²) in [6.45, 7) is 4.99. The number of nitrogens with zero attached hydrogens (tertiary/aromatic N) is 2. The molecular weight excluding hydrogens is 270 g/mol. The van der Waals surface area contributed by atoms with Crippen LogP contribution in [-0.4, -0.2) is 55.0 Å². The quantitative estimate of drug-likeness (QED) is 0.834. The average Bonchev–Trinajstić information content (AvgIpc) is 2.93. The molecule has 1 aromatic rings. The highest BCUT2D eigenvalue weighted by Gasteiger charge is 2.28. The van der Waals surface area contributed by atoms with E-state index in [1.165, 1.54) is 11.3 Å². The third-order valence-corrected chi connectivity index (χ3v) is 4.62. The molecule has 1 aliphatic heterocycles. The second kappa shape index (κ2) is 6.89. The zero-order valence-electron chi connectivity index (χ0n) is 12.1. The fourth-order valence-electron chi connectivity index (χ4n) is 2.43. The van der Waals surface area contributed by atoms with E-state index in [2.05, 4.69) is 30.7 Å². The van der Waals surface area contributed by atoms with Crippen LogP contribution in [0.5, 0.6) is 0 Å². The van der Waals surface area contributed by atoms with Crippen LogP contribution in [0.15, 0.2) is 11.4 Å². The number of amides is 1. The van der Waals surface area contributed by atoms with Gasteiger partial charge in [-0.3, -0.25) is 9.69 Å². The fourth-order valence-corrected chi connectivity index (χ4v) is 3.25. The smallest absolute Gasteiger partial charge is 0.265 e. The van der Waals surface area contributed by atoms with E-state index in [1.54, 1.807) is 0 Å². The number of nitrogens with two attached hydrogens (primary N) is 1. The average molecular weight is 291 g/mol. The zero-order chi connectivity index (χ0) is 14.5. The third kappa shape index (κ3) is 3.21. The van der Waals surface area contributed by atoms with Gasteiger partial charge in [0.05, 0.1) is 6.54 Å². The SMILES string of the molecule is CCC1CN(C(=O)c2sccc2C#CCN)CCN1C. The van der Waals surface area contributed by atoms with Crippen molar-refractivity contribution in [2.45, 2.75) is 19.4 Å². The van der Waals surface area contributed by atoms with E-state index in [9.17, 15) is 4.79 Å². The predicted octanol–water partition coefficient (Wildman–Crippen LogP) is 1.22. The van der Waals surface area contributed by atoms with Gasteiger partial charge in [0.25, 0.3) is 5.91 Å². The fraction of sp³-hybridized carbons (Fsp3) is 0.533. The molecule has 2 N–H and O–H groups in total. The van der Waals surface area contributed by atoms with Gasteiger partial charge in [0.15, 0.2) is 0 Å². The van der Waals surface area contributed by atoms with Gasteiger partial charge in [-0.2, -0.15) is 0 Å². The van der Waals surface area contributed by atoms with Crippen molar-refractivity contribution in [1.29, 1.82) is 0 Å². The summed E-state index contributed by atoms with van der Waals surface area (Å²) in [5.41, 5.74) is 6.20. The van der Waals surface area contributed by atoms with Crippen LogP contribution in [-0.2, 0) is 0 Å². The molecule has 1 fully saturated rings. The molecule has 1 atom stereocenters. The first kappa shape index (κ1) is 15.0. The summed E-state index contributed by atoms with van der Waals surface area (Å²) in [7, 11) is 2.12. The van der Waals surface area contributed by atoms with Crippen LogP contribution in [0.3, 0.4) is 0 Å². The van der Waals surface area contributed by atoms with E-state index in [0.717, 1.165) is 36.5 Å². The molecule has 1 aliphatic rings. The summed E-state index contributed by atoms with van der Waals surface area (Å²) in [6, 6.07) is 2.35. The Kier molecular flexibility index (Phi) is 5.18.